The molecular weight excluding hydrogens is 319 g/mol. The summed E-state index contributed by atoms with van der Waals surface area (Å²) in [6.07, 6.45) is 0. The molecule has 0 radical (unpaired) electrons. The molecular formula is C20H17FN2O2. The summed E-state index contributed by atoms with van der Waals surface area (Å²) in [5.41, 5.74) is 3.76. The van der Waals surface area contributed by atoms with E-state index in [0.717, 1.165) is 27.6 Å². The molecule has 1 aliphatic rings. The van der Waals surface area contributed by atoms with E-state index in [4.69, 9.17) is 4.74 Å². The van der Waals surface area contributed by atoms with E-state index in [1.54, 1.807) is 17.0 Å². The molecule has 3 aromatic rings. The lowest BCUT2D eigenvalue weighted by Gasteiger charge is -2.20. The minimum Gasteiger partial charge on any atom is -0.467 e. The summed E-state index contributed by atoms with van der Waals surface area (Å²) in [4.78, 5) is 18.7. The van der Waals surface area contributed by atoms with Crippen LogP contribution in [-0.4, -0.2) is 22.4 Å². The van der Waals surface area contributed by atoms with Crippen molar-refractivity contribution in [3.8, 4) is 5.88 Å². The number of ether oxygens (including phenoxy) is 1. The van der Waals surface area contributed by atoms with Gasteiger partial charge in [0.2, 0.25) is 5.88 Å². The first-order chi connectivity index (χ1) is 12.1. The Bertz CT molecular complexity index is 954. The first-order valence-electron chi connectivity index (χ1n) is 8.14. The average molecular weight is 336 g/mol. The van der Waals surface area contributed by atoms with E-state index in [9.17, 15) is 9.18 Å². The van der Waals surface area contributed by atoms with E-state index in [1.807, 2.05) is 25.1 Å². The van der Waals surface area contributed by atoms with Gasteiger partial charge < -0.3 is 9.64 Å². The van der Waals surface area contributed by atoms with Crippen LogP contribution < -0.4 is 4.74 Å². The maximum Gasteiger partial charge on any atom is 0.261 e. The molecule has 0 N–H and O–H groups in total. The van der Waals surface area contributed by atoms with Crippen LogP contribution in [0.5, 0.6) is 5.88 Å². The third-order valence-corrected chi connectivity index (χ3v) is 4.34. The van der Waals surface area contributed by atoms with Crippen LogP contribution in [0.25, 0.3) is 10.9 Å². The molecule has 4 rings (SSSR count). The fourth-order valence-corrected chi connectivity index (χ4v) is 3.03. The van der Waals surface area contributed by atoms with Crippen LogP contribution in [0.3, 0.4) is 0 Å². The van der Waals surface area contributed by atoms with E-state index in [1.165, 1.54) is 12.1 Å². The van der Waals surface area contributed by atoms with Gasteiger partial charge in [-0.25, -0.2) is 9.37 Å². The molecule has 1 aliphatic heterocycles. The van der Waals surface area contributed by atoms with Crippen molar-refractivity contribution in [1.29, 1.82) is 0 Å². The summed E-state index contributed by atoms with van der Waals surface area (Å²) in [7, 11) is 0. The lowest BCUT2D eigenvalue weighted by Crippen LogP contribution is -2.31. The normalized spacial score (nSPS) is 14.2. The average Bonchev–Trinajstić information content (AvgIpc) is 2.74. The van der Waals surface area contributed by atoms with Gasteiger partial charge in [-0.3, -0.25) is 4.79 Å². The molecule has 0 saturated heterocycles. The molecule has 2 aromatic carbocycles. The van der Waals surface area contributed by atoms with Crippen molar-refractivity contribution in [2.24, 2.45) is 0 Å². The number of aryl methyl sites for hydroxylation is 1. The van der Waals surface area contributed by atoms with Crippen molar-refractivity contribution in [2.75, 3.05) is 6.61 Å². The van der Waals surface area contributed by atoms with Gasteiger partial charge in [-0.1, -0.05) is 23.8 Å². The van der Waals surface area contributed by atoms with Gasteiger partial charge >= 0.3 is 0 Å². The number of hydrogen-bond donors (Lipinski definition) is 0. The van der Waals surface area contributed by atoms with Gasteiger partial charge in [0.1, 0.15) is 5.82 Å². The van der Waals surface area contributed by atoms with Crippen molar-refractivity contribution >= 4 is 16.8 Å². The fraction of sp³-hybridized carbons (Fsp3) is 0.200. The topological polar surface area (TPSA) is 42.4 Å². The van der Waals surface area contributed by atoms with Crippen LogP contribution in [0.4, 0.5) is 4.39 Å². The van der Waals surface area contributed by atoms with Crippen molar-refractivity contribution in [3.63, 3.8) is 0 Å². The summed E-state index contributed by atoms with van der Waals surface area (Å²) in [5, 5.41) is 1.03. The number of fused-ring (bicyclic) bond motifs is 2. The van der Waals surface area contributed by atoms with Crippen molar-refractivity contribution in [1.82, 2.24) is 9.88 Å². The number of halogens is 1. The van der Waals surface area contributed by atoms with Gasteiger partial charge in [0.05, 0.1) is 12.1 Å². The van der Waals surface area contributed by atoms with E-state index in [0.29, 0.717) is 19.0 Å². The second-order valence-electron chi connectivity index (χ2n) is 6.31. The van der Waals surface area contributed by atoms with Crippen LogP contribution in [0.1, 0.15) is 16.7 Å². The Morgan fingerprint density at radius 2 is 1.96 bits per heavy atom. The third-order valence-electron chi connectivity index (χ3n) is 4.34. The molecule has 2 heterocycles. The van der Waals surface area contributed by atoms with Crippen LogP contribution >= 0.6 is 0 Å². The minimum absolute atomic E-state index is 0.0431. The summed E-state index contributed by atoms with van der Waals surface area (Å²) >= 11 is 0. The molecule has 0 unspecified atom stereocenters. The van der Waals surface area contributed by atoms with Crippen molar-refractivity contribution < 1.29 is 13.9 Å². The zero-order valence-corrected chi connectivity index (χ0v) is 13.8. The maximum atomic E-state index is 13.1. The monoisotopic (exact) mass is 336 g/mol. The number of nitrogens with zero attached hydrogens (tertiary/aromatic N) is 2. The Balaban J connectivity index is 1.67. The third kappa shape index (κ3) is 3.18. The van der Waals surface area contributed by atoms with Gasteiger partial charge in [0.15, 0.2) is 6.61 Å². The predicted molar refractivity (Wildman–Crippen MR) is 92.6 cm³/mol. The molecule has 25 heavy (non-hydrogen) atoms. The highest BCUT2D eigenvalue weighted by atomic mass is 19.1. The second kappa shape index (κ2) is 6.16. The summed E-state index contributed by atoms with van der Waals surface area (Å²) in [6.45, 7) is 2.82. The molecule has 0 spiro atoms. The second-order valence-corrected chi connectivity index (χ2v) is 6.31. The first kappa shape index (κ1) is 15.6. The molecule has 5 heteroatoms. The maximum absolute atomic E-state index is 13.1. The lowest BCUT2D eigenvalue weighted by atomic mass is 10.1. The molecule has 0 aliphatic carbocycles. The Morgan fingerprint density at radius 3 is 2.76 bits per heavy atom. The highest BCUT2D eigenvalue weighted by molar-refractivity contribution is 5.82. The number of carbonyl (C=O) groups excluding carboxylic acids is 1. The van der Waals surface area contributed by atoms with E-state index >= 15 is 0 Å². The first-order valence-corrected chi connectivity index (χ1v) is 8.14. The minimum atomic E-state index is -0.286. The molecule has 1 aromatic heterocycles. The smallest absolute Gasteiger partial charge is 0.261 e. The zero-order chi connectivity index (χ0) is 17.4. The Morgan fingerprint density at radius 1 is 1.16 bits per heavy atom. The van der Waals surface area contributed by atoms with Gasteiger partial charge in [-0.2, -0.15) is 0 Å². The number of rotatable bonds is 2. The van der Waals surface area contributed by atoms with Crippen molar-refractivity contribution in [3.05, 3.63) is 71.0 Å². The number of aromatic nitrogens is 1. The Kier molecular flexibility index (Phi) is 3.84. The van der Waals surface area contributed by atoms with Gasteiger partial charge in [-0.05, 0) is 42.8 Å². The van der Waals surface area contributed by atoms with Crippen molar-refractivity contribution in [2.45, 2.75) is 20.0 Å². The lowest BCUT2D eigenvalue weighted by molar-refractivity contribution is -0.133. The SMILES string of the molecule is Cc1ccc2nc3c(cc2c1)CN(Cc1ccc(F)cc1)C(=O)CO3. The van der Waals surface area contributed by atoms with E-state index in [2.05, 4.69) is 11.1 Å². The van der Waals surface area contributed by atoms with Gasteiger partial charge in [0.25, 0.3) is 5.91 Å². The molecule has 0 saturated carbocycles. The highest BCUT2D eigenvalue weighted by Crippen LogP contribution is 2.27. The quantitative estimate of drug-likeness (QED) is 0.718. The Hall–Kier alpha value is -2.95. The Labute approximate surface area is 144 Å². The van der Waals surface area contributed by atoms with Gasteiger partial charge in [0, 0.05) is 17.5 Å². The molecule has 126 valence electrons. The van der Waals surface area contributed by atoms with Crippen LogP contribution in [-0.2, 0) is 17.9 Å². The number of amides is 1. The molecule has 4 nitrogen and oxygen atoms in total. The molecule has 0 fully saturated rings. The number of carbonyl (C=O) groups is 1. The molecule has 0 atom stereocenters. The largest absolute Gasteiger partial charge is 0.467 e. The van der Waals surface area contributed by atoms with Crippen LogP contribution in [0.15, 0.2) is 48.5 Å². The summed E-state index contributed by atoms with van der Waals surface area (Å²) in [5.74, 6) is 0.111. The molecule has 0 bridgehead atoms. The van der Waals surface area contributed by atoms with Crippen LogP contribution in [0, 0.1) is 12.7 Å². The fourth-order valence-electron chi connectivity index (χ4n) is 3.03. The highest BCUT2D eigenvalue weighted by Gasteiger charge is 2.23. The molecule has 1 amide bonds. The zero-order valence-electron chi connectivity index (χ0n) is 13.8. The summed E-state index contributed by atoms with van der Waals surface area (Å²) < 4.78 is 18.7. The van der Waals surface area contributed by atoms with Crippen LogP contribution in [0.2, 0.25) is 0 Å². The number of benzene rings is 2. The van der Waals surface area contributed by atoms with E-state index < -0.39 is 0 Å². The van der Waals surface area contributed by atoms with Gasteiger partial charge in [-0.15, -0.1) is 0 Å². The van der Waals surface area contributed by atoms with E-state index in [-0.39, 0.29) is 18.3 Å². The number of hydrogen-bond acceptors (Lipinski definition) is 3. The number of pyridine rings is 1. The summed E-state index contributed by atoms with van der Waals surface area (Å²) in [6, 6.07) is 14.2. The standard InChI is InChI=1S/C20H17FN2O2/c1-13-2-7-18-15(8-13)9-16-11-23(19(24)12-25-20(16)22-18)10-14-3-5-17(21)6-4-14/h2-9H,10-12H2,1H3. The predicted octanol–water partition coefficient (Wildman–Crippen LogP) is 3.60.